The first-order valence-electron chi connectivity index (χ1n) is 6.99. The zero-order valence-electron chi connectivity index (χ0n) is 12.0. The molecule has 0 saturated carbocycles. The standard InChI is InChI=1S/C17H13ClFNO2S/c18-15-13-3-1-2-4-14(13)23-16(15)17(21)20-9-10-22-12-7-5-11(19)6-8-12/h1-8H,9-10H2,(H,20,21). The van der Waals surface area contributed by atoms with Gasteiger partial charge in [-0.2, -0.15) is 0 Å². The van der Waals surface area contributed by atoms with Crippen molar-refractivity contribution in [2.45, 2.75) is 0 Å². The number of halogens is 2. The van der Waals surface area contributed by atoms with Crippen LogP contribution < -0.4 is 10.1 Å². The van der Waals surface area contributed by atoms with Gasteiger partial charge in [-0.3, -0.25) is 4.79 Å². The number of hydrogen-bond acceptors (Lipinski definition) is 3. The fraction of sp³-hybridized carbons (Fsp3) is 0.118. The van der Waals surface area contributed by atoms with Gasteiger partial charge >= 0.3 is 0 Å². The van der Waals surface area contributed by atoms with Crippen LogP contribution in [0.3, 0.4) is 0 Å². The number of ether oxygens (including phenoxy) is 1. The summed E-state index contributed by atoms with van der Waals surface area (Å²) in [6.45, 7) is 0.626. The van der Waals surface area contributed by atoms with Crippen molar-refractivity contribution < 1.29 is 13.9 Å². The highest BCUT2D eigenvalue weighted by molar-refractivity contribution is 7.21. The third-order valence-corrected chi connectivity index (χ3v) is 4.89. The third kappa shape index (κ3) is 3.63. The first-order chi connectivity index (χ1) is 11.1. The molecule has 0 radical (unpaired) electrons. The smallest absolute Gasteiger partial charge is 0.263 e. The van der Waals surface area contributed by atoms with Crippen molar-refractivity contribution in [3.05, 3.63) is 64.2 Å². The number of benzene rings is 2. The lowest BCUT2D eigenvalue weighted by Crippen LogP contribution is -2.27. The van der Waals surface area contributed by atoms with Gasteiger partial charge in [0.05, 0.1) is 11.6 Å². The summed E-state index contributed by atoms with van der Waals surface area (Å²) in [5.74, 6) is 0.0181. The van der Waals surface area contributed by atoms with E-state index < -0.39 is 0 Å². The predicted molar refractivity (Wildman–Crippen MR) is 91.1 cm³/mol. The SMILES string of the molecule is O=C(NCCOc1ccc(F)cc1)c1sc2ccccc2c1Cl. The second-order valence-electron chi connectivity index (χ2n) is 4.80. The van der Waals surface area contributed by atoms with Gasteiger partial charge in [-0.05, 0) is 30.3 Å². The number of carbonyl (C=O) groups is 1. The van der Waals surface area contributed by atoms with E-state index in [0.29, 0.717) is 28.8 Å². The van der Waals surface area contributed by atoms with Gasteiger partial charge < -0.3 is 10.1 Å². The summed E-state index contributed by atoms with van der Waals surface area (Å²) in [5.41, 5.74) is 0. The van der Waals surface area contributed by atoms with Crippen LogP contribution in [0.25, 0.3) is 10.1 Å². The zero-order valence-corrected chi connectivity index (χ0v) is 13.6. The van der Waals surface area contributed by atoms with E-state index in [0.717, 1.165) is 10.1 Å². The molecule has 6 heteroatoms. The lowest BCUT2D eigenvalue weighted by molar-refractivity contribution is 0.0951. The Morgan fingerprint density at radius 2 is 1.91 bits per heavy atom. The number of rotatable bonds is 5. The zero-order chi connectivity index (χ0) is 16.2. The predicted octanol–water partition coefficient (Wildman–Crippen LogP) is 4.50. The number of nitrogens with one attached hydrogen (secondary N) is 1. The second-order valence-corrected chi connectivity index (χ2v) is 6.23. The van der Waals surface area contributed by atoms with Gasteiger partial charge in [-0.25, -0.2) is 4.39 Å². The summed E-state index contributed by atoms with van der Waals surface area (Å²) < 4.78 is 19.2. The van der Waals surface area contributed by atoms with Gasteiger partial charge in [-0.1, -0.05) is 29.8 Å². The molecule has 0 bridgehead atoms. The Labute approximate surface area is 141 Å². The van der Waals surface area contributed by atoms with Crippen LogP contribution in [0.15, 0.2) is 48.5 Å². The molecule has 1 amide bonds. The molecule has 0 atom stereocenters. The molecule has 3 aromatic rings. The largest absolute Gasteiger partial charge is 0.492 e. The van der Waals surface area contributed by atoms with Gasteiger partial charge in [0, 0.05) is 10.1 Å². The minimum Gasteiger partial charge on any atom is -0.492 e. The van der Waals surface area contributed by atoms with E-state index in [4.69, 9.17) is 16.3 Å². The molecule has 1 aromatic heterocycles. The van der Waals surface area contributed by atoms with Crippen LogP contribution in [-0.4, -0.2) is 19.1 Å². The fourth-order valence-corrected chi connectivity index (χ4v) is 3.54. The van der Waals surface area contributed by atoms with Crippen molar-refractivity contribution in [1.29, 1.82) is 0 Å². The van der Waals surface area contributed by atoms with Crippen LogP contribution in [0.2, 0.25) is 5.02 Å². The van der Waals surface area contributed by atoms with E-state index in [-0.39, 0.29) is 11.7 Å². The summed E-state index contributed by atoms with van der Waals surface area (Å²) in [6, 6.07) is 13.4. The summed E-state index contributed by atoms with van der Waals surface area (Å²) >= 11 is 7.62. The van der Waals surface area contributed by atoms with E-state index in [2.05, 4.69) is 5.32 Å². The number of fused-ring (bicyclic) bond motifs is 1. The van der Waals surface area contributed by atoms with Crippen LogP contribution in [0.5, 0.6) is 5.75 Å². The molecule has 3 rings (SSSR count). The molecule has 23 heavy (non-hydrogen) atoms. The molecule has 2 aromatic carbocycles. The van der Waals surface area contributed by atoms with Crippen molar-refractivity contribution >= 4 is 38.9 Å². The van der Waals surface area contributed by atoms with E-state index >= 15 is 0 Å². The van der Waals surface area contributed by atoms with Crippen LogP contribution in [0, 0.1) is 5.82 Å². The maximum atomic E-state index is 12.8. The number of amides is 1. The lowest BCUT2D eigenvalue weighted by atomic mass is 10.2. The molecule has 3 nitrogen and oxygen atoms in total. The Bertz CT molecular complexity index is 832. The first-order valence-corrected chi connectivity index (χ1v) is 8.18. The van der Waals surface area contributed by atoms with Crippen molar-refractivity contribution in [2.75, 3.05) is 13.2 Å². The minimum absolute atomic E-state index is 0.223. The molecule has 0 unspecified atom stereocenters. The normalized spacial score (nSPS) is 10.7. The maximum Gasteiger partial charge on any atom is 0.263 e. The first kappa shape index (κ1) is 15.8. The molecule has 0 spiro atoms. The number of thiophene rings is 1. The maximum absolute atomic E-state index is 12.8. The van der Waals surface area contributed by atoms with E-state index in [9.17, 15) is 9.18 Å². The van der Waals surface area contributed by atoms with E-state index in [1.807, 2.05) is 24.3 Å². The molecule has 118 valence electrons. The molecule has 1 N–H and O–H groups in total. The van der Waals surface area contributed by atoms with Gasteiger partial charge in [0.2, 0.25) is 0 Å². The Morgan fingerprint density at radius 1 is 1.17 bits per heavy atom. The van der Waals surface area contributed by atoms with Crippen LogP contribution in [0.1, 0.15) is 9.67 Å². The molecule has 0 saturated heterocycles. The highest BCUT2D eigenvalue weighted by atomic mass is 35.5. The average molecular weight is 350 g/mol. The monoisotopic (exact) mass is 349 g/mol. The molecule has 0 aliphatic heterocycles. The second kappa shape index (κ2) is 6.98. The van der Waals surface area contributed by atoms with Crippen molar-refractivity contribution in [3.63, 3.8) is 0 Å². The van der Waals surface area contributed by atoms with Crippen LogP contribution in [-0.2, 0) is 0 Å². The third-order valence-electron chi connectivity index (χ3n) is 3.21. The molecular formula is C17H13ClFNO2S. The summed E-state index contributed by atoms with van der Waals surface area (Å²) in [5, 5.41) is 4.13. The Morgan fingerprint density at radius 3 is 2.65 bits per heavy atom. The highest BCUT2D eigenvalue weighted by Gasteiger charge is 2.16. The molecule has 0 aliphatic carbocycles. The molecule has 1 heterocycles. The number of carbonyl (C=O) groups excluding carboxylic acids is 1. The number of hydrogen-bond donors (Lipinski definition) is 1. The van der Waals surface area contributed by atoms with Gasteiger partial charge in [0.15, 0.2) is 0 Å². The van der Waals surface area contributed by atoms with Gasteiger partial charge in [-0.15, -0.1) is 11.3 Å². The summed E-state index contributed by atoms with van der Waals surface area (Å²) in [7, 11) is 0. The van der Waals surface area contributed by atoms with Gasteiger partial charge in [0.25, 0.3) is 5.91 Å². The van der Waals surface area contributed by atoms with E-state index in [1.54, 1.807) is 12.1 Å². The van der Waals surface area contributed by atoms with Crippen molar-refractivity contribution in [1.82, 2.24) is 5.32 Å². The molecule has 0 fully saturated rings. The van der Waals surface area contributed by atoms with Crippen molar-refractivity contribution in [2.24, 2.45) is 0 Å². The van der Waals surface area contributed by atoms with E-state index in [1.165, 1.54) is 23.5 Å². The van der Waals surface area contributed by atoms with Crippen molar-refractivity contribution in [3.8, 4) is 5.75 Å². The highest BCUT2D eigenvalue weighted by Crippen LogP contribution is 2.34. The van der Waals surface area contributed by atoms with Crippen LogP contribution >= 0.6 is 22.9 Å². The Balaban J connectivity index is 1.56. The summed E-state index contributed by atoms with van der Waals surface area (Å²) in [6.07, 6.45) is 0. The molecule has 0 aliphatic rings. The van der Waals surface area contributed by atoms with Crippen LogP contribution in [0.4, 0.5) is 4.39 Å². The Kier molecular flexibility index (Phi) is 4.79. The fourth-order valence-electron chi connectivity index (χ4n) is 2.10. The topological polar surface area (TPSA) is 38.3 Å². The lowest BCUT2D eigenvalue weighted by Gasteiger charge is -2.07. The van der Waals surface area contributed by atoms with Gasteiger partial charge in [0.1, 0.15) is 23.1 Å². The minimum atomic E-state index is -0.315. The molecular weight excluding hydrogens is 337 g/mol. The average Bonchev–Trinajstić information content (AvgIpc) is 2.90. The Hall–Kier alpha value is -2.11. The summed E-state index contributed by atoms with van der Waals surface area (Å²) in [4.78, 5) is 12.7. The quantitative estimate of drug-likeness (QED) is 0.688.